The Bertz CT molecular complexity index is 1270. The van der Waals surface area contributed by atoms with Crippen LogP contribution < -0.4 is 10.9 Å². The first-order valence-corrected chi connectivity index (χ1v) is 12.3. The summed E-state index contributed by atoms with van der Waals surface area (Å²) in [5.41, 5.74) is 1.82. The van der Waals surface area contributed by atoms with E-state index in [9.17, 15) is 14.4 Å². The van der Waals surface area contributed by atoms with Gasteiger partial charge in [0.1, 0.15) is 36.3 Å². The van der Waals surface area contributed by atoms with Crippen LogP contribution in [0.1, 0.15) is 49.5 Å². The number of anilines is 2. The predicted molar refractivity (Wildman–Crippen MR) is 139 cm³/mol. The Morgan fingerprint density at radius 2 is 1.73 bits per heavy atom. The molecule has 0 spiro atoms. The van der Waals surface area contributed by atoms with Gasteiger partial charge in [0.25, 0.3) is 5.56 Å². The third-order valence-electron chi connectivity index (χ3n) is 5.72. The van der Waals surface area contributed by atoms with Crippen molar-refractivity contribution in [2.45, 2.75) is 53.2 Å². The van der Waals surface area contributed by atoms with Gasteiger partial charge in [-0.15, -0.1) is 0 Å². The number of hydrogen-bond donors (Lipinski definition) is 1. The van der Waals surface area contributed by atoms with Gasteiger partial charge in [0.2, 0.25) is 0 Å². The smallest absolute Gasteiger partial charge is 0.458 e. The molecule has 0 amide bonds. The van der Waals surface area contributed by atoms with Crippen molar-refractivity contribution in [3.8, 4) is 11.3 Å². The second-order valence-corrected chi connectivity index (χ2v) is 8.19. The van der Waals surface area contributed by atoms with Crippen molar-refractivity contribution in [3.63, 3.8) is 0 Å². The minimum absolute atomic E-state index is 0.0193. The molecule has 0 unspecified atom stereocenters. The first-order valence-electron chi connectivity index (χ1n) is 12.3. The molecule has 0 radical (unpaired) electrons. The zero-order chi connectivity index (χ0) is 26.8. The van der Waals surface area contributed by atoms with Crippen LogP contribution in [0.25, 0.3) is 11.3 Å². The highest BCUT2D eigenvalue weighted by molar-refractivity contribution is 6.02. The number of esters is 1. The maximum Gasteiger partial charge on any atom is 0.508 e. The lowest BCUT2D eigenvalue weighted by Crippen LogP contribution is -2.29. The number of ether oxygens (including phenoxy) is 3. The summed E-state index contributed by atoms with van der Waals surface area (Å²) in [5.74, 6) is -0.785. The summed E-state index contributed by atoms with van der Waals surface area (Å²) < 4.78 is 16.9. The first kappa shape index (κ1) is 27.4. The average Bonchev–Trinajstić information content (AvgIpc) is 2.92. The predicted octanol–water partition coefficient (Wildman–Crippen LogP) is 4.88. The molecule has 0 aliphatic rings. The fraction of sp³-hybridized carbons (Fsp3) is 0.370. The third-order valence-corrected chi connectivity index (χ3v) is 5.72. The zero-order valence-corrected chi connectivity index (χ0v) is 21.5. The van der Waals surface area contributed by atoms with Crippen molar-refractivity contribution < 1.29 is 23.8 Å². The van der Waals surface area contributed by atoms with Crippen molar-refractivity contribution in [2.75, 3.05) is 18.5 Å². The summed E-state index contributed by atoms with van der Waals surface area (Å²) in [6.07, 6.45) is 3.50. The van der Waals surface area contributed by atoms with Crippen LogP contribution >= 0.6 is 0 Å². The first-order chi connectivity index (χ1) is 17.9. The second kappa shape index (κ2) is 13.2. The number of aryl methyl sites for hydroxylation is 2. The van der Waals surface area contributed by atoms with E-state index in [4.69, 9.17) is 14.2 Å². The molecule has 37 heavy (non-hydrogen) atoms. The minimum Gasteiger partial charge on any atom is -0.458 e. The lowest BCUT2D eigenvalue weighted by molar-refractivity contribution is 0.00477. The Hall–Kier alpha value is -4.21. The van der Waals surface area contributed by atoms with E-state index in [0.717, 1.165) is 5.56 Å². The number of nitrogens with zero attached hydrogens (tertiary/aromatic N) is 3. The summed E-state index contributed by atoms with van der Waals surface area (Å²) in [6.45, 7) is 7.33. The molecule has 3 aromatic rings. The Morgan fingerprint density at radius 3 is 2.38 bits per heavy atom. The standard InChI is InChI=1S/C27H32N4O6/c1-5-20(6-2)37-27(34)36-16-15-35-26(33)22-23(19-11-9-8-10-12-19)30-31(7-3)25(32)24(22)29-21-17-28-14-13-18(21)4/h8-14,17,20,29H,5-7,15-16H2,1-4H3. The van der Waals surface area contributed by atoms with Crippen molar-refractivity contribution in [1.82, 2.24) is 14.8 Å². The van der Waals surface area contributed by atoms with Crippen molar-refractivity contribution in [3.05, 3.63) is 70.3 Å². The maximum absolute atomic E-state index is 13.4. The van der Waals surface area contributed by atoms with Crippen LogP contribution in [0.3, 0.4) is 0 Å². The molecule has 1 aromatic carbocycles. The van der Waals surface area contributed by atoms with E-state index in [1.54, 1.807) is 37.5 Å². The highest BCUT2D eigenvalue weighted by Crippen LogP contribution is 2.28. The molecular formula is C27H32N4O6. The number of nitrogens with one attached hydrogen (secondary N) is 1. The normalized spacial score (nSPS) is 10.7. The fourth-order valence-electron chi connectivity index (χ4n) is 3.58. The van der Waals surface area contributed by atoms with Crippen LogP contribution in [-0.4, -0.2) is 46.2 Å². The third kappa shape index (κ3) is 6.93. The number of hydrogen-bond acceptors (Lipinski definition) is 9. The van der Waals surface area contributed by atoms with Gasteiger partial charge in [-0.2, -0.15) is 5.10 Å². The van der Waals surface area contributed by atoms with E-state index in [-0.39, 0.29) is 36.3 Å². The fourth-order valence-corrected chi connectivity index (χ4v) is 3.58. The molecule has 0 aliphatic carbocycles. The number of benzene rings is 1. The van der Waals surface area contributed by atoms with Gasteiger partial charge in [0, 0.05) is 18.3 Å². The van der Waals surface area contributed by atoms with E-state index in [1.807, 2.05) is 39.0 Å². The van der Waals surface area contributed by atoms with E-state index < -0.39 is 17.7 Å². The number of rotatable bonds is 11. The van der Waals surface area contributed by atoms with Crippen molar-refractivity contribution in [2.24, 2.45) is 0 Å². The lowest BCUT2D eigenvalue weighted by Gasteiger charge is -2.18. The molecule has 0 atom stereocenters. The zero-order valence-electron chi connectivity index (χ0n) is 21.5. The molecule has 2 aromatic heterocycles. The minimum atomic E-state index is -0.823. The van der Waals surface area contributed by atoms with Gasteiger partial charge in [0.15, 0.2) is 0 Å². The van der Waals surface area contributed by atoms with Crippen LogP contribution in [0.5, 0.6) is 0 Å². The Labute approximate surface area is 215 Å². The van der Waals surface area contributed by atoms with Gasteiger partial charge >= 0.3 is 12.1 Å². The van der Waals surface area contributed by atoms with Crippen molar-refractivity contribution >= 4 is 23.5 Å². The van der Waals surface area contributed by atoms with Gasteiger partial charge in [-0.3, -0.25) is 9.78 Å². The highest BCUT2D eigenvalue weighted by Gasteiger charge is 2.26. The van der Waals surface area contributed by atoms with Gasteiger partial charge < -0.3 is 19.5 Å². The quantitative estimate of drug-likeness (QED) is 0.285. The molecule has 196 valence electrons. The van der Waals surface area contributed by atoms with Crippen molar-refractivity contribution in [1.29, 1.82) is 0 Å². The molecule has 0 fully saturated rings. The number of pyridine rings is 1. The SMILES string of the molecule is CCC(CC)OC(=O)OCCOC(=O)c1c(-c2ccccc2)nn(CC)c(=O)c1Nc1cnccc1C. The molecular weight excluding hydrogens is 476 g/mol. The van der Waals surface area contributed by atoms with Crippen LogP contribution in [-0.2, 0) is 20.8 Å². The molecule has 10 nitrogen and oxygen atoms in total. The van der Waals surface area contributed by atoms with E-state index in [2.05, 4.69) is 15.4 Å². The summed E-state index contributed by atoms with van der Waals surface area (Å²) in [4.78, 5) is 42.7. The summed E-state index contributed by atoms with van der Waals surface area (Å²) >= 11 is 0. The second-order valence-electron chi connectivity index (χ2n) is 8.19. The Morgan fingerprint density at radius 1 is 1.03 bits per heavy atom. The maximum atomic E-state index is 13.4. The molecule has 2 heterocycles. The van der Waals surface area contributed by atoms with Crippen LogP contribution in [0.4, 0.5) is 16.2 Å². The van der Waals surface area contributed by atoms with Crippen LogP contribution in [0.2, 0.25) is 0 Å². The summed E-state index contributed by atoms with van der Waals surface area (Å²) in [6, 6.07) is 10.8. The highest BCUT2D eigenvalue weighted by atomic mass is 16.7. The molecule has 0 saturated heterocycles. The topological polar surface area (TPSA) is 122 Å². The molecule has 0 saturated carbocycles. The van der Waals surface area contributed by atoms with Crippen LogP contribution in [0, 0.1) is 6.92 Å². The number of carbonyl (C=O) groups is 2. The van der Waals surface area contributed by atoms with E-state index in [1.165, 1.54) is 4.68 Å². The summed E-state index contributed by atoms with van der Waals surface area (Å²) in [7, 11) is 0. The van der Waals surface area contributed by atoms with Crippen LogP contribution in [0.15, 0.2) is 53.6 Å². The Kier molecular flexibility index (Phi) is 9.76. The molecule has 3 rings (SSSR count). The van der Waals surface area contributed by atoms with Gasteiger partial charge in [-0.1, -0.05) is 44.2 Å². The molecule has 1 N–H and O–H groups in total. The molecule has 0 aliphatic heterocycles. The van der Waals surface area contributed by atoms with Gasteiger partial charge in [-0.25, -0.2) is 14.3 Å². The Balaban J connectivity index is 1.93. The van der Waals surface area contributed by atoms with Gasteiger partial charge in [-0.05, 0) is 38.3 Å². The van der Waals surface area contributed by atoms with Gasteiger partial charge in [0.05, 0.1) is 11.9 Å². The average molecular weight is 509 g/mol. The van der Waals surface area contributed by atoms with E-state index >= 15 is 0 Å². The molecule has 10 heteroatoms. The largest absolute Gasteiger partial charge is 0.508 e. The van der Waals surface area contributed by atoms with E-state index in [0.29, 0.717) is 30.6 Å². The molecule has 0 bridgehead atoms. The monoisotopic (exact) mass is 508 g/mol. The number of carbonyl (C=O) groups excluding carboxylic acids is 2. The lowest BCUT2D eigenvalue weighted by atomic mass is 10.0. The number of aromatic nitrogens is 3. The summed E-state index contributed by atoms with van der Waals surface area (Å²) in [5, 5.41) is 7.53.